The maximum Gasteiger partial charge on any atom is 0.357 e. The zero-order valence-electron chi connectivity index (χ0n) is 5.50. The number of rotatable bonds is 2. The zero-order valence-corrected chi connectivity index (χ0v) is 5.50. The number of aryl methyl sites for hydroxylation is 1. The summed E-state index contributed by atoms with van der Waals surface area (Å²) in [5.41, 5.74) is -0.0307. The molecule has 0 saturated heterocycles. The van der Waals surface area contributed by atoms with Crippen LogP contribution >= 0.6 is 0 Å². The molecule has 0 aromatic carbocycles. The Bertz CT molecular complexity index is 241. The molecule has 0 spiro atoms. The lowest BCUT2D eigenvalue weighted by molar-refractivity contribution is 0.0690. The van der Waals surface area contributed by atoms with Gasteiger partial charge in [-0.25, -0.2) is 9.78 Å². The molecule has 0 amide bonds. The average Bonchev–Trinajstić information content (AvgIpc) is 2.34. The lowest BCUT2D eigenvalue weighted by Gasteiger charge is -1.80. The van der Waals surface area contributed by atoms with E-state index in [-0.39, 0.29) is 5.69 Å². The summed E-state index contributed by atoms with van der Waals surface area (Å²) >= 11 is 0. The third-order valence-electron chi connectivity index (χ3n) is 1.07. The van der Waals surface area contributed by atoms with E-state index in [1.54, 1.807) is 0 Å². The predicted octanol–water partition coefficient (Wildman–Crippen LogP) is 0.935. The van der Waals surface area contributed by atoms with Crippen LogP contribution in [0.25, 0.3) is 0 Å². The predicted molar refractivity (Wildman–Crippen MR) is 32.8 cm³/mol. The van der Waals surface area contributed by atoms with E-state index in [1.165, 1.54) is 0 Å². The standard InChI is InChI=1S/C6H7NO3/c1-2-5-7-4(3-10-5)6(8)9/h3H,2H2,1H3,(H,8,9). The molecule has 1 aromatic heterocycles. The average molecular weight is 141 g/mol. The molecule has 1 aromatic rings. The van der Waals surface area contributed by atoms with Gasteiger partial charge in [-0.2, -0.15) is 0 Å². The molecule has 0 bridgehead atoms. The summed E-state index contributed by atoms with van der Waals surface area (Å²) in [7, 11) is 0. The van der Waals surface area contributed by atoms with Gasteiger partial charge in [-0.3, -0.25) is 0 Å². The van der Waals surface area contributed by atoms with Gasteiger partial charge in [-0.15, -0.1) is 0 Å². The molecule has 1 heterocycles. The Kier molecular flexibility index (Phi) is 1.71. The minimum atomic E-state index is -1.05. The quantitative estimate of drug-likeness (QED) is 0.665. The van der Waals surface area contributed by atoms with E-state index in [4.69, 9.17) is 9.52 Å². The van der Waals surface area contributed by atoms with Gasteiger partial charge in [0.1, 0.15) is 6.26 Å². The lowest BCUT2D eigenvalue weighted by atomic mass is 10.5. The van der Waals surface area contributed by atoms with Crippen LogP contribution in [0.1, 0.15) is 23.3 Å². The zero-order chi connectivity index (χ0) is 7.56. The molecule has 4 heteroatoms. The summed E-state index contributed by atoms with van der Waals surface area (Å²) in [5, 5.41) is 8.37. The maximum absolute atomic E-state index is 10.2. The summed E-state index contributed by atoms with van der Waals surface area (Å²) < 4.78 is 4.78. The summed E-state index contributed by atoms with van der Waals surface area (Å²) in [6.45, 7) is 1.84. The van der Waals surface area contributed by atoms with Crippen LogP contribution in [-0.2, 0) is 6.42 Å². The van der Waals surface area contributed by atoms with Crippen molar-refractivity contribution >= 4 is 5.97 Å². The van der Waals surface area contributed by atoms with Crippen LogP contribution in [0.15, 0.2) is 10.7 Å². The molecule has 0 aliphatic rings. The highest BCUT2D eigenvalue weighted by molar-refractivity contribution is 5.84. The number of aromatic carboxylic acids is 1. The van der Waals surface area contributed by atoms with Crippen molar-refractivity contribution in [3.05, 3.63) is 17.8 Å². The number of carboxylic acids is 1. The monoisotopic (exact) mass is 141 g/mol. The number of nitrogens with zero attached hydrogens (tertiary/aromatic N) is 1. The highest BCUT2D eigenvalue weighted by Gasteiger charge is 2.07. The van der Waals surface area contributed by atoms with Crippen molar-refractivity contribution in [1.82, 2.24) is 4.98 Å². The minimum absolute atomic E-state index is 0.0307. The first-order valence-corrected chi connectivity index (χ1v) is 2.91. The summed E-state index contributed by atoms with van der Waals surface area (Å²) in [4.78, 5) is 13.9. The van der Waals surface area contributed by atoms with Gasteiger partial charge in [0.15, 0.2) is 11.6 Å². The Labute approximate surface area is 57.5 Å². The van der Waals surface area contributed by atoms with Crippen LogP contribution in [0, 0.1) is 0 Å². The Morgan fingerprint density at radius 3 is 2.90 bits per heavy atom. The molecule has 4 nitrogen and oxygen atoms in total. The van der Waals surface area contributed by atoms with Crippen molar-refractivity contribution in [1.29, 1.82) is 0 Å². The van der Waals surface area contributed by atoms with Crippen LogP contribution in [-0.4, -0.2) is 16.1 Å². The van der Waals surface area contributed by atoms with E-state index in [0.717, 1.165) is 6.26 Å². The SMILES string of the molecule is CCc1nc(C(=O)O)co1. The van der Waals surface area contributed by atoms with Crippen LogP contribution in [0.4, 0.5) is 0 Å². The first kappa shape index (κ1) is 6.80. The van der Waals surface area contributed by atoms with Crippen LogP contribution in [0.5, 0.6) is 0 Å². The van der Waals surface area contributed by atoms with Gasteiger partial charge in [0.05, 0.1) is 0 Å². The van der Waals surface area contributed by atoms with Crippen molar-refractivity contribution < 1.29 is 14.3 Å². The Morgan fingerprint density at radius 2 is 2.60 bits per heavy atom. The van der Waals surface area contributed by atoms with Crippen LogP contribution in [0.2, 0.25) is 0 Å². The molecule has 0 saturated carbocycles. The number of carbonyl (C=O) groups is 1. The van der Waals surface area contributed by atoms with Crippen molar-refractivity contribution in [3.8, 4) is 0 Å². The molecular formula is C6H7NO3. The number of hydrogen-bond acceptors (Lipinski definition) is 3. The van der Waals surface area contributed by atoms with E-state index >= 15 is 0 Å². The third kappa shape index (κ3) is 1.15. The fraction of sp³-hybridized carbons (Fsp3) is 0.333. The van der Waals surface area contributed by atoms with Gasteiger partial charge in [0.2, 0.25) is 0 Å². The van der Waals surface area contributed by atoms with E-state index in [9.17, 15) is 4.79 Å². The third-order valence-corrected chi connectivity index (χ3v) is 1.07. The van der Waals surface area contributed by atoms with Crippen molar-refractivity contribution in [3.63, 3.8) is 0 Å². The first-order chi connectivity index (χ1) is 4.74. The molecular weight excluding hydrogens is 134 g/mol. The second-order valence-corrected chi connectivity index (χ2v) is 1.79. The number of oxazole rings is 1. The Hall–Kier alpha value is -1.32. The van der Waals surface area contributed by atoms with Crippen LogP contribution < -0.4 is 0 Å². The summed E-state index contributed by atoms with van der Waals surface area (Å²) in [6, 6.07) is 0. The number of aromatic nitrogens is 1. The molecule has 0 aliphatic heterocycles. The van der Waals surface area contributed by atoms with Gasteiger partial charge >= 0.3 is 5.97 Å². The Morgan fingerprint density at radius 1 is 1.90 bits per heavy atom. The molecule has 0 atom stereocenters. The van der Waals surface area contributed by atoms with E-state index in [1.807, 2.05) is 6.92 Å². The topological polar surface area (TPSA) is 63.3 Å². The second-order valence-electron chi connectivity index (χ2n) is 1.79. The smallest absolute Gasteiger partial charge is 0.357 e. The molecule has 54 valence electrons. The first-order valence-electron chi connectivity index (χ1n) is 2.91. The number of carboxylic acid groups (broad SMARTS) is 1. The van der Waals surface area contributed by atoms with Gasteiger partial charge in [-0.1, -0.05) is 6.92 Å². The van der Waals surface area contributed by atoms with Gasteiger partial charge in [0, 0.05) is 6.42 Å². The van der Waals surface area contributed by atoms with E-state index in [2.05, 4.69) is 4.98 Å². The van der Waals surface area contributed by atoms with Gasteiger partial charge in [0.25, 0.3) is 0 Å². The molecule has 0 radical (unpaired) electrons. The van der Waals surface area contributed by atoms with E-state index in [0.29, 0.717) is 12.3 Å². The molecule has 1 rings (SSSR count). The lowest BCUT2D eigenvalue weighted by Crippen LogP contribution is -1.95. The van der Waals surface area contributed by atoms with Crippen molar-refractivity contribution in [2.24, 2.45) is 0 Å². The molecule has 0 fully saturated rings. The summed E-state index contributed by atoms with van der Waals surface area (Å²) in [5.74, 6) is -0.596. The van der Waals surface area contributed by atoms with Gasteiger partial charge in [-0.05, 0) is 0 Å². The molecule has 0 unspecified atom stereocenters. The number of hydrogen-bond donors (Lipinski definition) is 1. The van der Waals surface area contributed by atoms with Crippen LogP contribution in [0.3, 0.4) is 0 Å². The molecule has 0 aliphatic carbocycles. The van der Waals surface area contributed by atoms with Gasteiger partial charge < -0.3 is 9.52 Å². The van der Waals surface area contributed by atoms with Crippen molar-refractivity contribution in [2.45, 2.75) is 13.3 Å². The van der Waals surface area contributed by atoms with Crippen molar-refractivity contribution in [2.75, 3.05) is 0 Å². The largest absolute Gasteiger partial charge is 0.476 e. The van der Waals surface area contributed by atoms with E-state index < -0.39 is 5.97 Å². The maximum atomic E-state index is 10.2. The fourth-order valence-electron chi connectivity index (χ4n) is 0.572. The highest BCUT2D eigenvalue weighted by Crippen LogP contribution is 2.01. The normalized spacial score (nSPS) is 9.70. The second kappa shape index (κ2) is 2.51. The molecule has 1 N–H and O–H groups in total. The fourth-order valence-corrected chi connectivity index (χ4v) is 0.572. The minimum Gasteiger partial charge on any atom is -0.476 e. The Balaban J connectivity index is 2.88. The molecule has 10 heavy (non-hydrogen) atoms. The highest BCUT2D eigenvalue weighted by atomic mass is 16.4. The summed E-state index contributed by atoms with van der Waals surface area (Å²) in [6.07, 6.45) is 1.76.